The molecule has 0 rings (SSSR count). The van der Waals surface area contributed by atoms with Gasteiger partial charge in [0.1, 0.15) is 6.61 Å². The van der Waals surface area contributed by atoms with Crippen molar-refractivity contribution in [3.63, 3.8) is 0 Å². The summed E-state index contributed by atoms with van der Waals surface area (Å²) in [5, 5.41) is 9.58. The molecule has 0 fully saturated rings. The summed E-state index contributed by atoms with van der Waals surface area (Å²) in [4.78, 5) is 36.7. The molecule has 0 aliphatic rings. The van der Waals surface area contributed by atoms with Crippen molar-refractivity contribution in [2.45, 2.75) is 116 Å². The quantitative estimate of drug-likeness (QED) is 0.0318. The van der Waals surface area contributed by atoms with Crippen molar-refractivity contribution in [1.82, 2.24) is 0 Å². The number of carboxylic acid groups (broad SMARTS) is 1. The number of carboxylic acids is 1. The second-order valence-electron chi connectivity index (χ2n) is 13.4. The minimum absolute atomic E-state index is 0.00274. The van der Waals surface area contributed by atoms with E-state index in [-0.39, 0.29) is 37.1 Å². The maximum absolute atomic E-state index is 12.6. The van der Waals surface area contributed by atoms with Crippen molar-refractivity contribution < 1.29 is 38.2 Å². The molecule has 0 saturated heterocycles. The van der Waals surface area contributed by atoms with Crippen molar-refractivity contribution in [2.75, 3.05) is 41.0 Å². The van der Waals surface area contributed by atoms with E-state index in [0.717, 1.165) is 64.2 Å². The topological polar surface area (TPSA) is 99.1 Å². The molecule has 8 nitrogen and oxygen atoms in total. The van der Waals surface area contributed by atoms with E-state index >= 15 is 0 Å². The molecule has 1 N–H and O–H groups in total. The number of hydrogen-bond acceptors (Lipinski definition) is 6. The summed E-state index contributed by atoms with van der Waals surface area (Å²) in [5.41, 5.74) is 0. The first-order valence-electron chi connectivity index (χ1n) is 19.4. The van der Waals surface area contributed by atoms with E-state index in [1.807, 2.05) is 33.3 Å². The van der Waals surface area contributed by atoms with Crippen LogP contribution in [0.15, 0.2) is 109 Å². The van der Waals surface area contributed by atoms with Gasteiger partial charge in [-0.15, -0.1) is 0 Å². The van der Waals surface area contributed by atoms with Crippen molar-refractivity contribution in [3.05, 3.63) is 109 Å². The summed E-state index contributed by atoms with van der Waals surface area (Å²) in [7, 11) is 5.45. The van der Waals surface area contributed by atoms with Gasteiger partial charge in [-0.3, -0.25) is 9.59 Å². The lowest BCUT2D eigenvalue weighted by Gasteiger charge is -2.31. The Balaban J connectivity index is 4.58. The van der Waals surface area contributed by atoms with Gasteiger partial charge in [0, 0.05) is 12.8 Å². The Labute approximate surface area is 321 Å². The fraction of sp³-hybridized carbons (Fsp3) is 0.533. The third kappa shape index (κ3) is 33.6. The molecule has 2 atom stereocenters. The minimum atomic E-state index is -0.901. The number of likely N-dealkylation sites (N-methyl/N-ethyl adjacent to an activating group) is 1. The molecular formula is C45H70NO7+. The van der Waals surface area contributed by atoms with E-state index in [1.54, 1.807) is 6.08 Å². The SMILES string of the molecule is CC/C=C/C/C=C/C/C=C/C/C=C/C/C=C/C/C=C/CCCC(=O)OC(COCCC(C(=O)O)[N+](C)(C)C)COC(=O)C/C=C/C/C=C/C/C=C/CC. The van der Waals surface area contributed by atoms with Crippen LogP contribution < -0.4 is 0 Å². The molecule has 2 unspecified atom stereocenters. The maximum atomic E-state index is 12.6. The molecular weight excluding hydrogens is 666 g/mol. The summed E-state index contributed by atoms with van der Waals surface area (Å²) in [6.45, 7) is 4.28. The van der Waals surface area contributed by atoms with Gasteiger partial charge < -0.3 is 23.8 Å². The Kier molecular flexibility index (Phi) is 32.4. The molecule has 296 valence electrons. The second kappa shape index (κ2) is 35.0. The minimum Gasteiger partial charge on any atom is -0.477 e. The molecule has 0 spiro atoms. The van der Waals surface area contributed by atoms with Crippen LogP contribution in [0.2, 0.25) is 0 Å². The molecule has 0 aromatic carbocycles. The average Bonchev–Trinajstić information content (AvgIpc) is 3.11. The summed E-state index contributed by atoms with van der Waals surface area (Å²) >= 11 is 0. The Morgan fingerprint density at radius 1 is 0.585 bits per heavy atom. The van der Waals surface area contributed by atoms with Crippen LogP contribution in [0.25, 0.3) is 0 Å². The first-order chi connectivity index (χ1) is 25.6. The smallest absolute Gasteiger partial charge is 0.362 e. The van der Waals surface area contributed by atoms with Gasteiger partial charge in [0.2, 0.25) is 0 Å². The number of rotatable bonds is 32. The fourth-order valence-electron chi connectivity index (χ4n) is 4.75. The van der Waals surface area contributed by atoms with Crippen LogP contribution in [-0.2, 0) is 28.6 Å². The molecule has 0 aromatic heterocycles. The molecule has 0 heterocycles. The Hall–Kier alpha value is -4.01. The zero-order valence-electron chi connectivity index (χ0n) is 33.4. The number of allylic oxidation sites excluding steroid dienone is 17. The lowest BCUT2D eigenvalue weighted by molar-refractivity contribution is -0.887. The first kappa shape index (κ1) is 49.0. The maximum Gasteiger partial charge on any atom is 0.362 e. The number of aliphatic carboxylic acids is 1. The van der Waals surface area contributed by atoms with E-state index in [1.165, 1.54) is 0 Å². The number of quaternary nitrogens is 1. The monoisotopic (exact) mass is 737 g/mol. The summed E-state index contributed by atoms with van der Waals surface area (Å²) in [6, 6.07) is -0.641. The van der Waals surface area contributed by atoms with Crippen LogP contribution in [0.1, 0.15) is 104 Å². The number of hydrogen-bond donors (Lipinski definition) is 1. The molecule has 0 aliphatic heterocycles. The number of esters is 2. The van der Waals surface area contributed by atoms with Crippen LogP contribution in [0.5, 0.6) is 0 Å². The third-order valence-electron chi connectivity index (χ3n) is 7.70. The summed E-state index contributed by atoms with van der Waals surface area (Å²) in [6.07, 6.45) is 47.6. The summed E-state index contributed by atoms with van der Waals surface area (Å²) < 4.78 is 17.0. The lowest BCUT2D eigenvalue weighted by Crippen LogP contribution is -2.50. The Morgan fingerprint density at radius 3 is 1.45 bits per heavy atom. The average molecular weight is 737 g/mol. The highest BCUT2D eigenvalue weighted by Gasteiger charge is 2.31. The van der Waals surface area contributed by atoms with E-state index in [4.69, 9.17) is 14.2 Å². The summed E-state index contributed by atoms with van der Waals surface area (Å²) in [5.74, 6) is -1.72. The van der Waals surface area contributed by atoms with Crippen molar-refractivity contribution >= 4 is 17.9 Å². The van der Waals surface area contributed by atoms with E-state index in [9.17, 15) is 19.5 Å². The van der Waals surface area contributed by atoms with Gasteiger partial charge in [0.25, 0.3) is 0 Å². The van der Waals surface area contributed by atoms with Gasteiger partial charge in [-0.1, -0.05) is 123 Å². The van der Waals surface area contributed by atoms with Crippen molar-refractivity contribution in [1.29, 1.82) is 0 Å². The van der Waals surface area contributed by atoms with Gasteiger partial charge in [-0.25, -0.2) is 4.79 Å². The zero-order chi connectivity index (χ0) is 39.3. The predicted octanol–water partition coefficient (Wildman–Crippen LogP) is 10.1. The first-order valence-corrected chi connectivity index (χ1v) is 19.4. The zero-order valence-corrected chi connectivity index (χ0v) is 33.4. The van der Waals surface area contributed by atoms with Crippen LogP contribution in [-0.4, -0.2) is 80.6 Å². The van der Waals surface area contributed by atoms with Gasteiger partial charge in [-0.05, 0) is 70.6 Å². The normalized spacial score (nSPS) is 14.2. The van der Waals surface area contributed by atoms with Crippen molar-refractivity contribution in [2.24, 2.45) is 0 Å². The molecule has 0 radical (unpaired) electrons. The fourth-order valence-corrected chi connectivity index (χ4v) is 4.75. The Bertz CT molecular complexity index is 1230. The van der Waals surface area contributed by atoms with E-state index in [2.05, 4.69) is 105 Å². The number of carbonyl (C=O) groups excluding carboxylic acids is 2. The highest BCUT2D eigenvalue weighted by Crippen LogP contribution is 2.10. The van der Waals surface area contributed by atoms with Crippen LogP contribution in [0, 0.1) is 0 Å². The predicted molar refractivity (Wildman–Crippen MR) is 219 cm³/mol. The number of ether oxygens (including phenoxy) is 3. The van der Waals surface area contributed by atoms with Crippen LogP contribution in [0.3, 0.4) is 0 Å². The van der Waals surface area contributed by atoms with E-state index in [0.29, 0.717) is 12.8 Å². The van der Waals surface area contributed by atoms with Crippen LogP contribution >= 0.6 is 0 Å². The molecule has 0 bridgehead atoms. The Morgan fingerprint density at radius 2 is 1.02 bits per heavy atom. The van der Waals surface area contributed by atoms with Crippen molar-refractivity contribution in [3.8, 4) is 0 Å². The lowest BCUT2D eigenvalue weighted by atomic mass is 10.1. The largest absolute Gasteiger partial charge is 0.477 e. The highest BCUT2D eigenvalue weighted by atomic mass is 16.6. The van der Waals surface area contributed by atoms with E-state index < -0.39 is 30.1 Å². The molecule has 0 aliphatic carbocycles. The molecule has 8 heteroatoms. The number of carbonyl (C=O) groups is 3. The molecule has 0 aromatic rings. The van der Waals surface area contributed by atoms with Gasteiger partial charge in [0.15, 0.2) is 12.1 Å². The second-order valence-corrected chi connectivity index (χ2v) is 13.4. The molecule has 0 amide bonds. The standard InChI is InChI=1S/C45H69NO7/c1-6-8-10-12-14-16-17-18-19-20-21-22-23-24-25-26-28-30-32-34-36-44(48)53-41(39-51-38-37-42(45(49)50)46(3,4)5)40-52-43(47)35-33-31-29-27-15-13-11-9-7-2/h8-11,14-16,18-19,21-22,24-25,27-28,30-31,33,41-42H,6-7,12-13,17,20,23,26,29,32,34-40H2,1-5H3/p+1/b10-8+,11-9+,16-14+,19-18+,22-21+,25-24+,27-15+,30-28+,33-31+. The highest BCUT2D eigenvalue weighted by molar-refractivity contribution is 5.72. The third-order valence-corrected chi connectivity index (χ3v) is 7.70. The van der Waals surface area contributed by atoms with Gasteiger partial charge >= 0.3 is 17.9 Å². The molecule has 53 heavy (non-hydrogen) atoms. The van der Waals surface area contributed by atoms with Gasteiger partial charge in [0.05, 0.1) is 40.8 Å². The van der Waals surface area contributed by atoms with Gasteiger partial charge in [-0.2, -0.15) is 0 Å². The van der Waals surface area contributed by atoms with Crippen LogP contribution in [0.4, 0.5) is 0 Å². The number of unbranched alkanes of at least 4 members (excludes halogenated alkanes) is 1. The molecule has 0 saturated carbocycles. The number of nitrogens with zero attached hydrogens (tertiary/aromatic N) is 1.